The molecule has 1 aliphatic heterocycles. The van der Waals surface area contributed by atoms with Crippen molar-refractivity contribution >= 4 is 5.91 Å². The van der Waals surface area contributed by atoms with Crippen molar-refractivity contribution in [2.45, 2.75) is 25.7 Å². The normalized spacial score (nSPS) is 21.3. The maximum Gasteiger partial charge on any atom is 0.220 e. The number of amides is 1. The lowest BCUT2D eigenvalue weighted by Gasteiger charge is -2.22. The lowest BCUT2D eigenvalue weighted by Crippen LogP contribution is -2.34. The molecule has 1 heterocycles. The van der Waals surface area contributed by atoms with Crippen LogP contribution in [0.2, 0.25) is 0 Å². The molecule has 1 saturated heterocycles. The van der Waals surface area contributed by atoms with Crippen LogP contribution in [0.3, 0.4) is 0 Å². The molecule has 15 heavy (non-hydrogen) atoms. The number of piperidine rings is 1. The predicted molar refractivity (Wildman–Crippen MR) is 59.7 cm³/mol. The SMILES string of the molecule is COCCCNC(=O)CC1CCCNC1. The minimum Gasteiger partial charge on any atom is -0.385 e. The third-order valence-corrected chi connectivity index (χ3v) is 2.72. The molecule has 0 aromatic heterocycles. The summed E-state index contributed by atoms with van der Waals surface area (Å²) in [5.41, 5.74) is 0. The standard InChI is InChI=1S/C11H22N2O2/c1-15-7-3-6-13-11(14)8-10-4-2-5-12-9-10/h10,12H,2-9H2,1H3,(H,13,14). The summed E-state index contributed by atoms with van der Waals surface area (Å²) in [6.45, 7) is 3.54. The van der Waals surface area contributed by atoms with E-state index in [2.05, 4.69) is 10.6 Å². The Morgan fingerprint density at radius 2 is 2.47 bits per heavy atom. The van der Waals surface area contributed by atoms with Gasteiger partial charge in [-0.1, -0.05) is 0 Å². The summed E-state index contributed by atoms with van der Waals surface area (Å²) >= 11 is 0. The molecular formula is C11H22N2O2. The van der Waals surface area contributed by atoms with Gasteiger partial charge in [-0.25, -0.2) is 0 Å². The van der Waals surface area contributed by atoms with Crippen LogP contribution in [0.5, 0.6) is 0 Å². The molecule has 0 bridgehead atoms. The van der Waals surface area contributed by atoms with E-state index in [9.17, 15) is 4.79 Å². The van der Waals surface area contributed by atoms with E-state index in [1.807, 2.05) is 0 Å². The number of carbonyl (C=O) groups is 1. The first-order chi connectivity index (χ1) is 7.33. The van der Waals surface area contributed by atoms with Gasteiger partial charge in [0.25, 0.3) is 0 Å². The van der Waals surface area contributed by atoms with Gasteiger partial charge < -0.3 is 15.4 Å². The average Bonchev–Trinajstić information content (AvgIpc) is 2.26. The van der Waals surface area contributed by atoms with Gasteiger partial charge >= 0.3 is 0 Å². The van der Waals surface area contributed by atoms with E-state index in [1.54, 1.807) is 7.11 Å². The number of ether oxygens (including phenoxy) is 1. The monoisotopic (exact) mass is 214 g/mol. The van der Waals surface area contributed by atoms with E-state index < -0.39 is 0 Å². The summed E-state index contributed by atoms with van der Waals surface area (Å²) in [5.74, 6) is 0.709. The van der Waals surface area contributed by atoms with Crippen LogP contribution in [0.15, 0.2) is 0 Å². The molecule has 1 aliphatic rings. The number of nitrogens with one attached hydrogen (secondary N) is 2. The molecule has 0 aromatic carbocycles. The fourth-order valence-corrected chi connectivity index (χ4v) is 1.88. The Balaban J connectivity index is 2.01. The van der Waals surface area contributed by atoms with Gasteiger partial charge in [-0.05, 0) is 38.3 Å². The second-order valence-electron chi connectivity index (χ2n) is 4.11. The molecule has 1 fully saturated rings. The van der Waals surface area contributed by atoms with Gasteiger partial charge in [0.15, 0.2) is 0 Å². The summed E-state index contributed by atoms with van der Waals surface area (Å²) < 4.78 is 4.91. The van der Waals surface area contributed by atoms with E-state index in [-0.39, 0.29) is 5.91 Å². The second kappa shape index (κ2) is 7.65. The first-order valence-electron chi connectivity index (χ1n) is 5.79. The Bertz CT molecular complexity index is 179. The molecule has 1 amide bonds. The molecule has 0 aromatic rings. The molecule has 0 saturated carbocycles. The van der Waals surface area contributed by atoms with Gasteiger partial charge in [0.05, 0.1) is 0 Å². The van der Waals surface area contributed by atoms with Crippen LogP contribution in [0, 0.1) is 5.92 Å². The van der Waals surface area contributed by atoms with Crippen LogP contribution in [0.25, 0.3) is 0 Å². The van der Waals surface area contributed by atoms with Crippen molar-refractivity contribution in [2.75, 3.05) is 33.4 Å². The minimum absolute atomic E-state index is 0.180. The number of carbonyl (C=O) groups excluding carboxylic acids is 1. The van der Waals surface area contributed by atoms with E-state index in [1.165, 1.54) is 12.8 Å². The van der Waals surface area contributed by atoms with E-state index in [4.69, 9.17) is 4.74 Å². The highest BCUT2D eigenvalue weighted by molar-refractivity contribution is 5.76. The number of hydrogen-bond acceptors (Lipinski definition) is 3. The highest BCUT2D eigenvalue weighted by Crippen LogP contribution is 2.13. The van der Waals surface area contributed by atoms with E-state index >= 15 is 0 Å². The number of methoxy groups -OCH3 is 1. The third-order valence-electron chi connectivity index (χ3n) is 2.72. The van der Waals surface area contributed by atoms with Crippen LogP contribution in [0.4, 0.5) is 0 Å². The van der Waals surface area contributed by atoms with Crippen LogP contribution in [0.1, 0.15) is 25.7 Å². The third kappa shape index (κ3) is 5.74. The van der Waals surface area contributed by atoms with Crippen molar-refractivity contribution in [3.8, 4) is 0 Å². The quantitative estimate of drug-likeness (QED) is 0.634. The highest BCUT2D eigenvalue weighted by Gasteiger charge is 2.15. The number of rotatable bonds is 6. The Labute approximate surface area is 91.8 Å². The molecule has 0 aliphatic carbocycles. The van der Waals surface area contributed by atoms with Crippen molar-refractivity contribution in [1.29, 1.82) is 0 Å². The van der Waals surface area contributed by atoms with Crippen LogP contribution in [-0.2, 0) is 9.53 Å². The maximum absolute atomic E-state index is 11.5. The summed E-state index contributed by atoms with van der Waals surface area (Å²) in [6, 6.07) is 0. The topological polar surface area (TPSA) is 50.4 Å². The smallest absolute Gasteiger partial charge is 0.220 e. The number of hydrogen-bond donors (Lipinski definition) is 2. The molecule has 1 atom stereocenters. The maximum atomic E-state index is 11.5. The van der Waals surface area contributed by atoms with Gasteiger partial charge in [0.2, 0.25) is 5.91 Å². The fraction of sp³-hybridized carbons (Fsp3) is 0.909. The largest absolute Gasteiger partial charge is 0.385 e. The van der Waals surface area contributed by atoms with Crippen molar-refractivity contribution in [2.24, 2.45) is 5.92 Å². The Morgan fingerprint density at radius 3 is 3.13 bits per heavy atom. The fourth-order valence-electron chi connectivity index (χ4n) is 1.88. The zero-order valence-corrected chi connectivity index (χ0v) is 9.55. The minimum atomic E-state index is 0.180. The van der Waals surface area contributed by atoms with Crippen LogP contribution >= 0.6 is 0 Å². The van der Waals surface area contributed by atoms with E-state index in [0.29, 0.717) is 18.9 Å². The molecule has 0 radical (unpaired) electrons. The first kappa shape index (κ1) is 12.5. The molecule has 0 spiro atoms. The molecule has 1 rings (SSSR count). The van der Waals surface area contributed by atoms with Gasteiger partial charge in [0.1, 0.15) is 0 Å². The average molecular weight is 214 g/mol. The van der Waals surface area contributed by atoms with Crippen molar-refractivity contribution in [3.05, 3.63) is 0 Å². The lowest BCUT2D eigenvalue weighted by atomic mass is 9.96. The summed E-state index contributed by atoms with van der Waals surface area (Å²) in [6.07, 6.45) is 3.94. The first-order valence-corrected chi connectivity index (χ1v) is 5.79. The van der Waals surface area contributed by atoms with Gasteiger partial charge in [-0.3, -0.25) is 4.79 Å². The van der Waals surface area contributed by atoms with Crippen molar-refractivity contribution < 1.29 is 9.53 Å². The molecule has 4 heteroatoms. The zero-order chi connectivity index (χ0) is 10.9. The molecule has 4 nitrogen and oxygen atoms in total. The van der Waals surface area contributed by atoms with Gasteiger partial charge in [-0.2, -0.15) is 0 Å². The molecule has 1 unspecified atom stereocenters. The summed E-state index contributed by atoms with van der Waals surface area (Å²) in [5, 5.41) is 6.23. The predicted octanol–water partition coefficient (Wildman–Crippen LogP) is 0.529. The van der Waals surface area contributed by atoms with Gasteiger partial charge in [0, 0.05) is 26.7 Å². The molecular weight excluding hydrogens is 192 g/mol. The van der Waals surface area contributed by atoms with E-state index in [0.717, 1.165) is 26.1 Å². The Morgan fingerprint density at radius 1 is 1.60 bits per heavy atom. The van der Waals surface area contributed by atoms with Crippen molar-refractivity contribution in [1.82, 2.24) is 10.6 Å². The lowest BCUT2D eigenvalue weighted by molar-refractivity contribution is -0.122. The highest BCUT2D eigenvalue weighted by atomic mass is 16.5. The summed E-state index contributed by atoms with van der Waals surface area (Å²) in [4.78, 5) is 11.5. The van der Waals surface area contributed by atoms with Gasteiger partial charge in [-0.15, -0.1) is 0 Å². The van der Waals surface area contributed by atoms with Crippen molar-refractivity contribution in [3.63, 3.8) is 0 Å². The van der Waals surface area contributed by atoms with Crippen LogP contribution in [-0.4, -0.2) is 39.3 Å². The second-order valence-corrected chi connectivity index (χ2v) is 4.11. The zero-order valence-electron chi connectivity index (χ0n) is 9.55. The Kier molecular flexibility index (Phi) is 6.36. The van der Waals surface area contributed by atoms with Crippen LogP contribution < -0.4 is 10.6 Å². The Hall–Kier alpha value is -0.610. The molecule has 2 N–H and O–H groups in total. The summed E-state index contributed by atoms with van der Waals surface area (Å²) in [7, 11) is 1.68. The molecule has 88 valence electrons.